The van der Waals surface area contributed by atoms with Crippen molar-refractivity contribution in [3.63, 3.8) is 0 Å². The maximum atomic E-state index is 10.9. The first-order valence-corrected chi connectivity index (χ1v) is 9.23. The van der Waals surface area contributed by atoms with Crippen LogP contribution in [0.2, 0.25) is 0 Å². The van der Waals surface area contributed by atoms with E-state index in [1.54, 1.807) is 18.2 Å². The number of benzene rings is 1. The SMILES string of the molecule is O=C(O)/C=C/C(=O)O.O=[N+]([O-])c1ccccc1NCCC1CCN2CCCC12. The third-order valence-corrected chi connectivity index (χ3v) is 5.05. The first-order valence-electron chi connectivity index (χ1n) is 9.23. The van der Waals surface area contributed by atoms with Crippen LogP contribution in [0.3, 0.4) is 0 Å². The lowest BCUT2D eigenvalue weighted by molar-refractivity contribution is -0.384. The van der Waals surface area contributed by atoms with Crippen LogP contribution < -0.4 is 5.32 Å². The van der Waals surface area contributed by atoms with Gasteiger partial charge >= 0.3 is 11.9 Å². The Kier molecular flexibility index (Phi) is 7.94. The third-order valence-electron chi connectivity index (χ3n) is 5.05. The van der Waals surface area contributed by atoms with E-state index in [-0.39, 0.29) is 10.6 Å². The van der Waals surface area contributed by atoms with Crippen molar-refractivity contribution in [1.82, 2.24) is 4.90 Å². The molecule has 0 bridgehead atoms. The zero-order valence-electron chi connectivity index (χ0n) is 15.5. The van der Waals surface area contributed by atoms with E-state index in [4.69, 9.17) is 10.2 Å². The highest BCUT2D eigenvalue weighted by Gasteiger charge is 2.36. The molecule has 0 radical (unpaired) electrons. The Morgan fingerprint density at radius 1 is 1.18 bits per heavy atom. The van der Waals surface area contributed by atoms with Crippen LogP contribution in [0, 0.1) is 16.0 Å². The molecule has 0 aromatic heterocycles. The Morgan fingerprint density at radius 3 is 2.50 bits per heavy atom. The third kappa shape index (κ3) is 6.34. The predicted molar refractivity (Wildman–Crippen MR) is 103 cm³/mol. The molecule has 2 aliphatic rings. The maximum Gasteiger partial charge on any atom is 0.328 e. The molecule has 0 amide bonds. The molecule has 9 heteroatoms. The highest BCUT2D eigenvalue weighted by Crippen LogP contribution is 2.34. The summed E-state index contributed by atoms with van der Waals surface area (Å²) >= 11 is 0. The zero-order chi connectivity index (χ0) is 20.5. The number of nitro benzene ring substituents is 1. The maximum absolute atomic E-state index is 10.9. The molecule has 3 N–H and O–H groups in total. The number of carboxylic acids is 2. The molecular formula is C19H25N3O6. The minimum atomic E-state index is -1.26. The Hall–Kier alpha value is -2.94. The van der Waals surface area contributed by atoms with E-state index >= 15 is 0 Å². The summed E-state index contributed by atoms with van der Waals surface area (Å²) in [4.78, 5) is 32.3. The standard InChI is InChI=1S/C15H21N3O2.C4H4O4/c19-18(20)15-5-2-1-4-13(15)16-9-7-12-8-11-17-10-3-6-14(12)17;5-3(6)1-2-4(7)8/h1-2,4-5,12,14,16H,3,6-11H2;1-2H,(H,5,6)(H,7,8)/b;2-1+. The number of aliphatic carboxylic acids is 2. The quantitative estimate of drug-likeness (QED) is 0.367. The molecule has 0 spiro atoms. The van der Waals surface area contributed by atoms with Crippen molar-refractivity contribution in [3.8, 4) is 0 Å². The highest BCUT2D eigenvalue weighted by molar-refractivity contribution is 5.89. The minimum Gasteiger partial charge on any atom is -0.478 e. The summed E-state index contributed by atoms with van der Waals surface area (Å²) in [5.74, 6) is -1.76. The van der Waals surface area contributed by atoms with Gasteiger partial charge in [0, 0.05) is 30.8 Å². The summed E-state index contributed by atoms with van der Waals surface area (Å²) in [7, 11) is 0. The number of anilines is 1. The van der Waals surface area contributed by atoms with Gasteiger partial charge in [-0.15, -0.1) is 0 Å². The number of rotatable bonds is 7. The summed E-state index contributed by atoms with van der Waals surface area (Å²) in [6, 6.07) is 7.65. The van der Waals surface area contributed by atoms with Crippen LogP contribution in [0.25, 0.3) is 0 Å². The molecule has 9 nitrogen and oxygen atoms in total. The van der Waals surface area contributed by atoms with Gasteiger partial charge in [-0.2, -0.15) is 0 Å². The summed E-state index contributed by atoms with van der Waals surface area (Å²) in [6.07, 6.45) is 6.16. The first-order chi connectivity index (χ1) is 13.4. The largest absolute Gasteiger partial charge is 0.478 e. The molecular weight excluding hydrogens is 366 g/mol. The average molecular weight is 391 g/mol. The first kappa shape index (κ1) is 21.4. The van der Waals surface area contributed by atoms with Crippen molar-refractivity contribution >= 4 is 23.3 Å². The lowest BCUT2D eigenvalue weighted by atomic mass is 9.95. The summed E-state index contributed by atoms with van der Waals surface area (Å²) in [5.41, 5.74) is 0.806. The van der Waals surface area contributed by atoms with Gasteiger partial charge in [0.1, 0.15) is 5.69 Å². The number of para-hydroxylation sites is 2. The number of nitrogens with zero attached hydrogens (tertiary/aromatic N) is 2. The lowest BCUT2D eigenvalue weighted by Gasteiger charge is -2.20. The number of carboxylic acid groups (broad SMARTS) is 2. The molecule has 2 heterocycles. The number of nitrogens with one attached hydrogen (secondary N) is 1. The van der Waals surface area contributed by atoms with Gasteiger partial charge in [0.2, 0.25) is 0 Å². The number of nitro groups is 1. The zero-order valence-corrected chi connectivity index (χ0v) is 15.5. The summed E-state index contributed by atoms with van der Waals surface area (Å²) in [6.45, 7) is 3.32. The van der Waals surface area contributed by atoms with E-state index < -0.39 is 11.9 Å². The van der Waals surface area contributed by atoms with Gasteiger partial charge in [0.25, 0.3) is 5.69 Å². The van der Waals surface area contributed by atoms with Gasteiger partial charge in [-0.3, -0.25) is 10.1 Å². The van der Waals surface area contributed by atoms with Crippen LogP contribution in [-0.2, 0) is 9.59 Å². The van der Waals surface area contributed by atoms with E-state index in [1.807, 2.05) is 6.07 Å². The van der Waals surface area contributed by atoms with E-state index in [9.17, 15) is 19.7 Å². The molecule has 2 aliphatic heterocycles. The van der Waals surface area contributed by atoms with Crippen LogP contribution in [0.5, 0.6) is 0 Å². The van der Waals surface area contributed by atoms with Gasteiger partial charge in [0.15, 0.2) is 0 Å². The molecule has 0 saturated carbocycles. The second kappa shape index (κ2) is 10.4. The lowest BCUT2D eigenvalue weighted by Crippen LogP contribution is -2.26. The molecule has 152 valence electrons. The van der Waals surface area contributed by atoms with E-state index in [1.165, 1.54) is 32.4 Å². The van der Waals surface area contributed by atoms with E-state index in [0.29, 0.717) is 17.8 Å². The molecule has 3 rings (SSSR count). The fraction of sp³-hybridized carbons (Fsp3) is 0.474. The average Bonchev–Trinajstić information content (AvgIpc) is 3.25. The van der Waals surface area contributed by atoms with E-state index in [0.717, 1.165) is 24.9 Å². The normalized spacial score (nSPS) is 21.0. The Bertz CT molecular complexity index is 720. The fourth-order valence-corrected chi connectivity index (χ4v) is 3.84. The number of hydrogen-bond acceptors (Lipinski definition) is 6. The molecule has 1 aromatic rings. The van der Waals surface area contributed by atoms with Crippen LogP contribution in [-0.4, -0.2) is 57.7 Å². The van der Waals surface area contributed by atoms with Crippen molar-refractivity contribution in [2.75, 3.05) is 25.0 Å². The molecule has 28 heavy (non-hydrogen) atoms. The van der Waals surface area contributed by atoms with Gasteiger partial charge in [-0.1, -0.05) is 12.1 Å². The van der Waals surface area contributed by atoms with Gasteiger partial charge in [-0.25, -0.2) is 9.59 Å². The second-order valence-corrected chi connectivity index (χ2v) is 6.79. The van der Waals surface area contributed by atoms with Gasteiger partial charge in [-0.05, 0) is 50.8 Å². The van der Waals surface area contributed by atoms with Crippen LogP contribution in [0.1, 0.15) is 25.7 Å². The minimum absolute atomic E-state index is 0.168. The number of carbonyl (C=O) groups is 2. The molecule has 2 saturated heterocycles. The van der Waals surface area contributed by atoms with Crippen LogP contribution >= 0.6 is 0 Å². The second-order valence-electron chi connectivity index (χ2n) is 6.79. The molecule has 2 unspecified atom stereocenters. The van der Waals surface area contributed by atoms with Crippen LogP contribution in [0.4, 0.5) is 11.4 Å². The molecule has 2 atom stereocenters. The van der Waals surface area contributed by atoms with Gasteiger partial charge < -0.3 is 20.4 Å². The fourth-order valence-electron chi connectivity index (χ4n) is 3.84. The smallest absolute Gasteiger partial charge is 0.328 e. The molecule has 1 aromatic carbocycles. The number of fused-ring (bicyclic) bond motifs is 1. The molecule has 0 aliphatic carbocycles. The van der Waals surface area contributed by atoms with Crippen molar-refractivity contribution in [2.24, 2.45) is 5.92 Å². The Labute approximate surface area is 162 Å². The van der Waals surface area contributed by atoms with Crippen molar-refractivity contribution in [3.05, 3.63) is 46.5 Å². The number of hydrogen-bond donors (Lipinski definition) is 3. The summed E-state index contributed by atoms with van der Waals surface area (Å²) in [5, 5.41) is 29.8. The predicted octanol–water partition coefficient (Wildman–Crippen LogP) is 2.59. The topological polar surface area (TPSA) is 133 Å². The van der Waals surface area contributed by atoms with E-state index in [2.05, 4.69) is 10.2 Å². The Morgan fingerprint density at radius 2 is 1.86 bits per heavy atom. The molecule has 2 fully saturated rings. The van der Waals surface area contributed by atoms with Crippen molar-refractivity contribution < 1.29 is 24.7 Å². The van der Waals surface area contributed by atoms with Crippen LogP contribution in [0.15, 0.2) is 36.4 Å². The van der Waals surface area contributed by atoms with Crippen molar-refractivity contribution in [2.45, 2.75) is 31.7 Å². The monoisotopic (exact) mass is 391 g/mol. The van der Waals surface area contributed by atoms with Crippen molar-refractivity contribution in [1.29, 1.82) is 0 Å². The van der Waals surface area contributed by atoms with Gasteiger partial charge in [0.05, 0.1) is 4.92 Å². The Balaban J connectivity index is 0.000000300. The highest BCUT2D eigenvalue weighted by atomic mass is 16.6. The summed E-state index contributed by atoms with van der Waals surface area (Å²) < 4.78 is 0.